The molecule has 3 aliphatic carbocycles. The standard InChI is InChI=1S/C20H30O2/c1-12(2)15-7-5-14-6-8-17-18(10-9-16(14)15)19(17)11-22-20(21)13(3)4/h5,7,12-13,15,17-19H,6,8-11H2,1-4H3. The van der Waals surface area contributed by atoms with Crippen LogP contribution >= 0.6 is 0 Å². The lowest BCUT2D eigenvalue weighted by atomic mass is 9.84. The Morgan fingerprint density at radius 3 is 2.50 bits per heavy atom. The average Bonchev–Trinajstić information content (AvgIpc) is 2.93. The molecule has 0 aromatic rings. The zero-order valence-corrected chi connectivity index (χ0v) is 14.5. The molecule has 2 nitrogen and oxygen atoms in total. The van der Waals surface area contributed by atoms with Gasteiger partial charge in [-0.25, -0.2) is 0 Å². The molecule has 22 heavy (non-hydrogen) atoms. The molecule has 3 rings (SSSR count). The molecule has 0 bridgehead atoms. The average molecular weight is 302 g/mol. The van der Waals surface area contributed by atoms with Gasteiger partial charge in [0.05, 0.1) is 12.5 Å². The van der Waals surface area contributed by atoms with Crippen molar-refractivity contribution in [1.82, 2.24) is 0 Å². The molecule has 0 aromatic heterocycles. The molecule has 0 heterocycles. The van der Waals surface area contributed by atoms with Crippen LogP contribution in [0, 0.1) is 35.5 Å². The molecule has 0 spiro atoms. The Labute approximate surface area is 135 Å². The topological polar surface area (TPSA) is 26.3 Å². The van der Waals surface area contributed by atoms with Crippen molar-refractivity contribution < 1.29 is 9.53 Å². The third kappa shape index (κ3) is 3.02. The van der Waals surface area contributed by atoms with Crippen molar-refractivity contribution in [3.63, 3.8) is 0 Å². The molecule has 122 valence electrons. The maximum Gasteiger partial charge on any atom is 0.308 e. The largest absolute Gasteiger partial charge is 0.465 e. The molecule has 0 aliphatic heterocycles. The molecular weight excluding hydrogens is 272 g/mol. The van der Waals surface area contributed by atoms with Gasteiger partial charge < -0.3 is 4.74 Å². The highest BCUT2D eigenvalue weighted by Crippen LogP contribution is 2.55. The van der Waals surface area contributed by atoms with Crippen molar-refractivity contribution in [2.45, 2.75) is 53.4 Å². The van der Waals surface area contributed by atoms with Gasteiger partial charge in [-0.15, -0.1) is 0 Å². The number of fused-ring (bicyclic) bond motifs is 1. The van der Waals surface area contributed by atoms with Gasteiger partial charge in [0.15, 0.2) is 0 Å². The van der Waals surface area contributed by atoms with Crippen molar-refractivity contribution in [2.24, 2.45) is 35.5 Å². The van der Waals surface area contributed by atoms with Crippen molar-refractivity contribution in [3.05, 3.63) is 23.3 Å². The predicted molar refractivity (Wildman–Crippen MR) is 89.2 cm³/mol. The summed E-state index contributed by atoms with van der Waals surface area (Å²) >= 11 is 0. The van der Waals surface area contributed by atoms with Crippen molar-refractivity contribution in [2.75, 3.05) is 6.61 Å². The molecule has 0 aromatic carbocycles. The predicted octanol–water partition coefficient (Wildman–Crippen LogP) is 4.76. The zero-order valence-electron chi connectivity index (χ0n) is 14.5. The first kappa shape index (κ1) is 15.8. The Balaban J connectivity index is 1.56. The second kappa shape index (κ2) is 6.22. The molecular formula is C20H30O2. The Morgan fingerprint density at radius 2 is 1.86 bits per heavy atom. The number of esters is 1. The monoisotopic (exact) mass is 302 g/mol. The minimum atomic E-state index is -0.0392. The Bertz CT molecular complexity index is 498. The Kier molecular flexibility index (Phi) is 4.47. The van der Waals surface area contributed by atoms with Crippen LogP contribution in [0.1, 0.15) is 53.4 Å². The summed E-state index contributed by atoms with van der Waals surface area (Å²) in [6.45, 7) is 9.13. The summed E-state index contributed by atoms with van der Waals surface area (Å²) in [5.74, 6) is 3.55. The summed E-state index contributed by atoms with van der Waals surface area (Å²) in [5, 5.41) is 0. The maximum atomic E-state index is 11.7. The van der Waals surface area contributed by atoms with E-state index < -0.39 is 0 Å². The molecule has 4 unspecified atom stereocenters. The summed E-state index contributed by atoms with van der Waals surface area (Å²) in [7, 11) is 0. The number of carbonyl (C=O) groups excluding carboxylic acids is 1. The highest BCUT2D eigenvalue weighted by Gasteiger charge is 2.50. The summed E-state index contributed by atoms with van der Waals surface area (Å²) in [6.07, 6.45) is 9.86. The van der Waals surface area contributed by atoms with Gasteiger partial charge in [-0.05, 0) is 54.9 Å². The minimum absolute atomic E-state index is 0.00580. The summed E-state index contributed by atoms with van der Waals surface area (Å²) < 4.78 is 5.49. The number of hydrogen-bond acceptors (Lipinski definition) is 2. The number of ether oxygens (including phenoxy) is 1. The first-order chi connectivity index (χ1) is 10.5. The van der Waals surface area contributed by atoms with E-state index in [4.69, 9.17) is 4.74 Å². The van der Waals surface area contributed by atoms with Gasteiger partial charge in [0.25, 0.3) is 0 Å². The van der Waals surface area contributed by atoms with Gasteiger partial charge in [0.2, 0.25) is 0 Å². The third-order valence-corrected chi connectivity index (χ3v) is 5.93. The number of carbonyl (C=O) groups is 1. The first-order valence-corrected chi connectivity index (χ1v) is 9.05. The van der Waals surface area contributed by atoms with E-state index in [1.807, 2.05) is 13.8 Å². The van der Waals surface area contributed by atoms with E-state index in [0.717, 1.165) is 11.8 Å². The Hall–Kier alpha value is -1.05. The molecule has 0 amide bonds. The minimum Gasteiger partial charge on any atom is -0.465 e. The van der Waals surface area contributed by atoms with Crippen LogP contribution in [-0.4, -0.2) is 12.6 Å². The fourth-order valence-corrected chi connectivity index (χ4v) is 4.47. The number of allylic oxidation sites excluding steroid dienone is 4. The van der Waals surface area contributed by atoms with Crippen LogP contribution in [0.3, 0.4) is 0 Å². The molecule has 1 fully saturated rings. The van der Waals surface area contributed by atoms with E-state index in [1.54, 1.807) is 11.1 Å². The van der Waals surface area contributed by atoms with Gasteiger partial charge in [-0.1, -0.05) is 45.4 Å². The molecule has 0 N–H and O–H groups in total. The van der Waals surface area contributed by atoms with Crippen LogP contribution in [-0.2, 0) is 9.53 Å². The third-order valence-electron chi connectivity index (χ3n) is 5.93. The molecule has 1 saturated carbocycles. The van der Waals surface area contributed by atoms with Gasteiger partial charge in [-0.2, -0.15) is 0 Å². The number of hydrogen-bond donors (Lipinski definition) is 0. The van der Waals surface area contributed by atoms with E-state index in [-0.39, 0.29) is 11.9 Å². The van der Waals surface area contributed by atoms with Crippen LogP contribution in [0.2, 0.25) is 0 Å². The van der Waals surface area contributed by atoms with E-state index in [9.17, 15) is 4.79 Å². The normalized spacial score (nSPS) is 33.5. The maximum absolute atomic E-state index is 11.7. The molecule has 2 heteroatoms. The highest BCUT2D eigenvalue weighted by atomic mass is 16.5. The molecule has 4 atom stereocenters. The van der Waals surface area contributed by atoms with Crippen LogP contribution in [0.15, 0.2) is 23.3 Å². The van der Waals surface area contributed by atoms with Crippen LogP contribution in [0.4, 0.5) is 0 Å². The summed E-state index contributed by atoms with van der Waals surface area (Å²) in [5.41, 5.74) is 3.32. The lowest BCUT2D eigenvalue weighted by molar-refractivity contribution is -0.148. The van der Waals surface area contributed by atoms with Crippen LogP contribution in [0.25, 0.3) is 0 Å². The van der Waals surface area contributed by atoms with Gasteiger partial charge in [-0.3, -0.25) is 4.79 Å². The zero-order chi connectivity index (χ0) is 15.9. The van der Waals surface area contributed by atoms with Gasteiger partial charge in [0, 0.05) is 5.92 Å². The van der Waals surface area contributed by atoms with Crippen LogP contribution in [0.5, 0.6) is 0 Å². The fraction of sp³-hybridized carbons (Fsp3) is 0.750. The fourth-order valence-electron chi connectivity index (χ4n) is 4.47. The van der Waals surface area contributed by atoms with Crippen LogP contribution < -0.4 is 0 Å². The molecule has 0 saturated heterocycles. The quantitative estimate of drug-likeness (QED) is 0.700. The second-order valence-corrected chi connectivity index (χ2v) is 8.03. The lowest BCUT2D eigenvalue weighted by Crippen LogP contribution is -2.14. The van der Waals surface area contributed by atoms with Crippen molar-refractivity contribution >= 4 is 5.97 Å². The highest BCUT2D eigenvalue weighted by molar-refractivity contribution is 5.71. The van der Waals surface area contributed by atoms with E-state index in [2.05, 4.69) is 26.0 Å². The molecule has 0 radical (unpaired) electrons. The van der Waals surface area contributed by atoms with Gasteiger partial charge >= 0.3 is 5.97 Å². The summed E-state index contributed by atoms with van der Waals surface area (Å²) in [4.78, 5) is 11.7. The van der Waals surface area contributed by atoms with E-state index >= 15 is 0 Å². The first-order valence-electron chi connectivity index (χ1n) is 9.05. The van der Waals surface area contributed by atoms with E-state index in [1.165, 1.54) is 25.7 Å². The smallest absolute Gasteiger partial charge is 0.308 e. The summed E-state index contributed by atoms with van der Waals surface area (Å²) in [6, 6.07) is 0. The van der Waals surface area contributed by atoms with Gasteiger partial charge in [0.1, 0.15) is 0 Å². The van der Waals surface area contributed by atoms with Crippen molar-refractivity contribution in [1.29, 1.82) is 0 Å². The SMILES string of the molecule is CC(C)C(=O)OCC1C2CCC3=C(CCC21)C(C(C)C)C=C3. The number of rotatable bonds is 4. The molecule has 3 aliphatic rings. The van der Waals surface area contributed by atoms with Crippen molar-refractivity contribution in [3.8, 4) is 0 Å². The van der Waals surface area contributed by atoms with E-state index in [0.29, 0.717) is 24.4 Å². The Morgan fingerprint density at radius 1 is 1.18 bits per heavy atom. The lowest BCUT2D eigenvalue weighted by Gasteiger charge is -2.20. The second-order valence-electron chi connectivity index (χ2n) is 8.03.